The van der Waals surface area contributed by atoms with Crippen LogP contribution in [-0.2, 0) is 5.41 Å². The number of nitrogens with one attached hydrogen (secondary N) is 1. The van der Waals surface area contributed by atoms with Crippen LogP contribution < -0.4 is 5.32 Å². The van der Waals surface area contributed by atoms with Gasteiger partial charge in [0, 0.05) is 24.8 Å². The molecule has 2 rings (SSSR count). The predicted octanol–water partition coefficient (Wildman–Crippen LogP) is 2.71. The molecular formula is C12H14F3N. The summed E-state index contributed by atoms with van der Waals surface area (Å²) in [6.07, 6.45) is -0.320. The molecule has 0 aliphatic heterocycles. The van der Waals surface area contributed by atoms with E-state index in [1.807, 2.05) is 0 Å². The fourth-order valence-corrected chi connectivity index (χ4v) is 2.51. The Bertz CT molecular complexity index is 364. The van der Waals surface area contributed by atoms with Gasteiger partial charge in [0.2, 0.25) is 5.92 Å². The lowest BCUT2D eigenvalue weighted by molar-refractivity contribution is -0.125. The molecule has 0 unspecified atom stereocenters. The minimum absolute atomic E-state index is 0.160. The molecule has 1 aliphatic carbocycles. The molecule has 88 valence electrons. The Labute approximate surface area is 92.7 Å². The Morgan fingerprint density at radius 2 is 1.75 bits per heavy atom. The lowest BCUT2D eigenvalue weighted by Gasteiger charge is -2.47. The standard InChI is InChI=1S/C12H14F3N/c1-16-8-11(6-12(14,15)7-11)9-2-4-10(13)5-3-9/h2-5,16H,6-8H2,1H3. The topological polar surface area (TPSA) is 12.0 Å². The maximum atomic E-state index is 13.0. The normalized spacial score (nSPS) is 21.5. The molecule has 1 N–H and O–H groups in total. The molecular weight excluding hydrogens is 215 g/mol. The number of hydrogen-bond acceptors (Lipinski definition) is 1. The number of likely N-dealkylation sites (N-methyl/N-ethyl adjacent to an activating group) is 1. The van der Waals surface area contributed by atoms with Crippen molar-refractivity contribution in [1.82, 2.24) is 5.32 Å². The van der Waals surface area contributed by atoms with Crippen LogP contribution in [0.1, 0.15) is 18.4 Å². The first kappa shape index (κ1) is 11.5. The van der Waals surface area contributed by atoms with Gasteiger partial charge in [-0.2, -0.15) is 0 Å². The highest BCUT2D eigenvalue weighted by Crippen LogP contribution is 2.52. The maximum Gasteiger partial charge on any atom is 0.250 e. The average molecular weight is 229 g/mol. The zero-order chi connectivity index (χ0) is 11.8. The van der Waals surface area contributed by atoms with Crippen LogP contribution in [0.2, 0.25) is 0 Å². The molecule has 1 aliphatic rings. The van der Waals surface area contributed by atoms with Crippen LogP contribution in [-0.4, -0.2) is 19.5 Å². The first-order valence-electron chi connectivity index (χ1n) is 5.26. The molecule has 0 spiro atoms. The quantitative estimate of drug-likeness (QED) is 0.840. The molecule has 0 aromatic heterocycles. The highest BCUT2D eigenvalue weighted by atomic mass is 19.3. The molecule has 0 bridgehead atoms. The molecule has 1 aromatic carbocycles. The van der Waals surface area contributed by atoms with Crippen LogP contribution in [0.15, 0.2) is 24.3 Å². The summed E-state index contributed by atoms with van der Waals surface area (Å²) in [6, 6.07) is 5.84. The van der Waals surface area contributed by atoms with E-state index >= 15 is 0 Å². The summed E-state index contributed by atoms with van der Waals surface area (Å²) in [5.74, 6) is -2.92. The minimum atomic E-state index is -2.58. The Balaban J connectivity index is 2.24. The Kier molecular flexibility index (Phi) is 2.70. The van der Waals surface area contributed by atoms with Crippen molar-refractivity contribution < 1.29 is 13.2 Å². The number of benzene rings is 1. The monoisotopic (exact) mass is 229 g/mol. The maximum absolute atomic E-state index is 13.0. The van der Waals surface area contributed by atoms with Crippen molar-refractivity contribution in [1.29, 1.82) is 0 Å². The SMILES string of the molecule is CNCC1(c2ccc(F)cc2)CC(F)(F)C1. The first-order chi connectivity index (χ1) is 7.47. The van der Waals surface area contributed by atoms with Crippen molar-refractivity contribution in [3.8, 4) is 0 Å². The van der Waals surface area contributed by atoms with Crippen molar-refractivity contribution in [2.75, 3.05) is 13.6 Å². The van der Waals surface area contributed by atoms with Crippen molar-refractivity contribution >= 4 is 0 Å². The molecule has 0 heterocycles. The molecule has 1 fully saturated rings. The van der Waals surface area contributed by atoms with Gasteiger partial charge in [-0.1, -0.05) is 12.1 Å². The van der Waals surface area contributed by atoms with E-state index in [-0.39, 0.29) is 18.7 Å². The van der Waals surface area contributed by atoms with E-state index in [1.54, 1.807) is 19.2 Å². The van der Waals surface area contributed by atoms with E-state index in [9.17, 15) is 13.2 Å². The summed E-state index contributed by atoms with van der Waals surface area (Å²) < 4.78 is 38.8. The van der Waals surface area contributed by atoms with E-state index in [1.165, 1.54) is 12.1 Å². The molecule has 0 amide bonds. The van der Waals surface area contributed by atoms with Crippen LogP contribution >= 0.6 is 0 Å². The van der Waals surface area contributed by atoms with Crippen LogP contribution in [0.3, 0.4) is 0 Å². The van der Waals surface area contributed by atoms with Gasteiger partial charge in [0.25, 0.3) is 0 Å². The molecule has 1 aromatic rings. The second-order valence-electron chi connectivity index (χ2n) is 4.53. The highest BCUT2D eigenvalue weighted by molar-refractivity contribution is 5.31. The second-order valence-corrected chi connectivity index (χ2v) is 4.53. The van der Waals surface area contributed by atoms with E-state index in [4.69, 9.17) is 0 Å². The zero-order valence-electron chi connectivity index (χ0n) is 9.06. The average Bonchev–Trinajstić information content (AvgIpc) is 2.16. The minimum Gasteiger partial charge on any atom is -0.319 e. The molecule has 1 nitrogen and oxygen atoms in total. The zero-order valence-corrected chi connectivity index (χ0v) is 9.06. The fraction of sp³-hybridized carbons (Fsp3) is 0.500. The lowest BCUT2D eigenvalue weighted by atomic mass is 9.62. The van der Waals surface area contributed by atoms with Crippen LogP contribution in [0.25, 0.3) is 0 Å². The van der Waals surface area contributed by atoms with Gasteiger partial charge in [-0.25, -0.2) is 13.2 Å². The highest BCUT2D eigenvalue weighted by Gasteiger charge is 2.56. The van der Waals surface area contributed by atoms with Crippen molar-refractivity contribution in [3.63, 3.8) is 0 Å². The molecule has 16 heavy (non-hydrogen) atoms. The summed E-state index contributed by atoms with van der Waals surface area (Å²) in [7, 11) is 1.74. The van der Waals surface area contributed by atoms with E-state index in [0.717, 1.165) is 5.56 Å². The van der Waals surface area contributed by atoms with Crippen molar-refractivity contribution in [2.45, 2.75) is 24.2 Å². The largest absolute Gasteiger partial charge is 0.319 e. The second kappa shape index (κ2) is 3.77. The van der Waals surface area contributed by atoms with Crippen molar-refractivity contribution in [2.24, 2.45) is 0 Å². The van der Waals surface area contributed by atoms with E-state index in [2.05, 4.69) is 5.32 Å². The Morgan fingerprint density at radius 1 is 1.19 bits per heavy atom. The molecule has 1 saturated carbocycles. The van der Waals surface area contributed by atoms with Gasteiger partial charge < -0.3 is 5.32 Å². The molecule has 0 radical (unpaired) electrons. The van der Waals surface area contributed by atoms with Gasteiger partial charge in [-0.3, -0.25) is 0 Å². The summed E-state index contributed by atoms with van der Waals surface area (Å²) in [6.45, 7) is 0.494. The van der Waals surface area contributed by atoms with E-state index < -0.39 is 11.3 Å². The van der Waals surface area contributed by atoms with Gasteiger partial charge in [0.05, 0.1) is 0 Å². The molecule has 0 saturated heterocycles. The number of rotatable bonds is 3. The van der Waals surface area contributed by atoms with Crippen LogP contribution in [0, 0.1) is 5.82 Å². The summed E-state index contributed by atoms with van der Waals surface area (Å²) in [5, 5.41) is 2.93. The third-order valence-electron chi connectivity index (χ3n) is 3.17. The Hall–Kier alpha value is -1.03. The smallest absolute Gasteiger partial charge is 0.250 e. The molecule has 0 atom stereocenters. The first-order valence-corrected chi connectivity index (χ1v) is 5.26. The lowest BCUT2D eigenvalue weighted by Crippen LogP contribution is -2.54. The van der Waals surface area contributed by atoms with Gasteiger partial charge in [0.1, 0.15) is 5.82 Å². The third kappa shape index (κ3) is 1.94. The summed E-state index contributed by atoms with van der Waals surface area (Å²) in [5.41, 5.74) is 0.251. The third-order valence-corrected chi connectivity index (χ3v) is 3.17. The fourth-order valence-electron chi connectivity index (χ4n) is 2.51. The number of hydrogen-bond donors (Lipinski definition) is 1. The summed E-state index contributed by atoms with van der Waals surface area (Å²) >= 11 is 0. The van der Waals surface area contributed by atoms with E-state index in [0.29, 0.717) is 6.54 Å². The van der Waals surface area contributed by atoms with Gasteiger partial charge in [-0.15, -0.1) is 0 Å². The van der Waals surface area contributed by atoms with Gasteiger partial charge >= 0.3 is 0 Å². The predicted molar refractivity (Wildman–Crippen MR) is 56.2 cm³/mol. The Morgan fingerprint density at radius 3 is 2.19 bits per heavy atom. The van der Waals surface area contributed by atoms with Crippen LogP contribution in [0.4, 0.5) is 13.2 Å². The summed E-state index contributed by atoms with van der Waals surface area (Å²) in [4.78, 5) is 0. The van der Waals surface area contributed by atoms with Gasteiger partial charge in [-0.05, 0) is 24.7 Å². The van der Waals surface area contributed by atoms with Crippen molar-refractivity contribution in [3.05, 3.63) is 35.6 Å². The number of halogens is 3. The number of alkyl halides is 2. The van der Waals surface area contributed by atoms with Gasteiger partial charge in [0.15, 0.2) is 0 Å². The van der Waals surface area contributed by atoms with Crippen LogP contribution in [0.5, 0.6) is 0 Å². The molecule has 4 heteroatoms.